The number of hydrogen-bond acceptors (Lipinski definition) is 8. The van der Waals surface area contributed by atoms with Crippen LogP contribution in [-0.2, 0) is 17.6 Å². The second-order valence-electron chi connectivity index (χ2n) is 8.31. The van der Waals surface area contributed by atoms with Gasteiger partial charge in [-0.1, -0.05) is 24.3 Å². The third-order valence-electron chi connectivity index (χ3n) is 5.33. The summed E-state index contributed by atoms with van der Waals surface area (Å²) >= 11 is 0. The summed E-state index contributed by atoms with van der Waals surface area (Å²) in [5.41, 5.74) is 13.5. The smallest absolute Gasteiger partial charge is 0.218 e. The Morgan fingerprint density at radius 2 is 1.36 bits per heavy atom. The van der Waals surface area contributed by atoms with Crippen molar-refractivity contribution in [1.82, 2.24) is 16.0 Å². The Hall–Kier alpha value is -2.69. The van der Waals surface area contributed by atoms with Gasteiger partial charge in [0.05, 0.1) is 6.61 Å². The van der Waals surface area contributed by atoms with Crippen molar-refractivity contribution in [3.63, 3.8) is 0 Å². The Morgan fingerprint density at radius 3 is 1.91 bits per heavy atom. The molecule has 1 amide bonds. The number of nitrogens with two attached hydrogens (primary N) is 2. The molecule has 0 heterocycles. The van der Waals surface area contributed by atoms with E-state index in [-0.39, 0.29) is 48.6 Å². The minimum atomic E-state index is -0.348. The van der Waals surface area contributed by atoms with E-state index in [1.807, 2.05) is 24.3 Å². The number of rotatable bonds is 16. The number of amides is 1. The third kappa shape index (κ3) is 11.1. The summed E-state index contributed by atoms with van der Waals surface area (Å²) in [6, 6.07) is 13.8. The molecular formula is C24H37N5O4. The molecule has 0 radical (unpaired) electrons. The zero-order chi connectivity index (χ0) is 24.1. The zero-order valence-electron chi connectivity index (χ0n) is 18.9. The Morgan fingerprint density at radius 1 is 0.818 bits per heavy atom. The first-order chi connectivity index (χ1) is 15.9. The lowest BCUT2D eigenvalue weighted by Crippen LogP contribution is -2.50. The molecule has 9 heteroatoms. The Balaban J connectivity index is 1.82. The topological polar surface area (TPSA) is 166 Å². The Bertz CT molecular complexity index is 817. The first kappa shape index (κ1) is 26.6. The van der Waals surface area contributed by atoms with Crippen LogP contribution in [0.1, 0.15) is 17.5 Å². The number of phenols is 2. The first-order valence-electron chi connectivity index (χ1n) is 11.2. The van der Waals surface area contributed by atoms with Crippen LogP contribution in [0.5, 0.6) is 11.5 Å². The average molecular weight is 460 g/mol. The summed E-state index contributed by atoms with van der Waals surface area (Å²) in [6.45, 7) is 2.14. The van der Waals surface area contributed by atoms with Crippen LogP contribution in [0.15, 0.2) is 48.5 Å². The van der Waals surface area contributed by atoms with E-state index in [1.54, 1.807) is 24.3 Å². The fourth-order valence-electron chi connectivity index (χ4n) is 3.46. The number of aliphatic hydroxyl groups excluding tert-OH is 1. The van der Waals surface area contributed by atoms with Crippen molar-refractivity contribution in [3.8, 4) is 11.5 Å². The molecule has 0 unspecified atom stereocenters. The second-order valence-corrected chi connectivity index (χ2v) is 8.31. The molecule has 9 nitrogen and oxygen atoms in total. The molecule has 10 N–H and O–H groups in total. The van der Waals surface area contributed by atoms with Crippen molar-refractivity contribution in [2.24, 2.45) is 11.5 Å². The molecule has 0 spiro atoms. The number of carbonyl (C=O) groups is 1. The van der Waals surface area contributed by atoms with E-state index in [1.165, 1.54) is 0 Å². The van der Waals surface area contributed by atoms with Crippen molar-refractivity contribution in [3.05, 3.63) is 59.7 Å². The van der Waals surface area contributed by atoms with Gasteiger partial charge in [0.1, 0.15) is 11.5 Å². The van der Waals surface area contributed by atoms with Gasteiger partial charge in [-0.3, -0.25) is 4.79 Å². The van der Waals surface area contributed by atoms with Crippen LogP contribution in [0.2, 0.25) is 0 Å². The zero-order valence-corrected chi connectivity index (χ0v) is 18.9. The number of primary amides is 1. The minimum absolute atomic E-state index is 0.0417. The van der Waals surface area contributed by atoms with Crippen molar-refractivity contribution < 1.29 is 20.1 Å². The maximum atomic E-state index is 11.0. The van der Waals surface area contributed by atoms with Crippen LogP contribution in [0.25, 0.3) is 0 Å². The quantitative estimate of drug-likeness (QED) is 0.157. The minimum Gasteiger partial charge on any atom is -0.508 e. The number of nitrogens with one attached hydrogen (secondary N) is 3. The molecule has 2 rings (SSSR count). The van der Waals surface area contributed by atoms with Crippen molar-refractivity contribution in [1.29, 1.82) is 0 Å². The van der Waals surface area contributed by atoms with Gasteiger partial charge in [0.2, 0.25) is 5.91 Å². The Kier molecular flexibility index (Phi) is 11.6. The van der Waals surface area contributed by atoms with Gasteiger partial charge >= 0.3 is 0 Å². The molecule has 2 aromatic carbocycles. The molecule has 0 saturated carbocycles. The maximum Gasteiger partial charge on any atom is 0.218 e. The van der Waals surface area contributed by atoms with Gasteiger partial charge in [-0.2, -0.15) is 0 Å². The molecule has 2 aromatic rings. The van der Waals surface area contributed by atoms with Gasteiger partial charge < -0.3 is 42.7 Å². The lowest BCUT2D eigenvalue weighted by molar-refractivity contribution is -0.117. The highest BCUT2D eigenvalue weighted by Gasteiger charge is 2.15. The van der Waals surface area contributed by atoms with E-state index in [2.05, 4.69) is 16.0 Å². The van der Waals surface area contributed by atoms with Crippen LogP contribution in [-0.4, -0.2) is 72.1 Å². The molecule has 0 saturated heterocycles. The number of hydrogen-bond donors (Lipinski definition) is 8. The first-order valence-corrected chi connectivity index (χ1v) is 11.2. The number of aromatic hydroxyl groups is 2. The van der Waals surface area contributed by atoms with E-state index in [9.17, 15) is 20.1 Å². The van der Waals surface area contributed by atoms with E-state index >= 15 is 0 Å². The standard InChI is InChI=1S/C24H37N5O4/c25-19(11-17-1-5-22(31)6-2-17)13-28-21(16-30)15-29-20(14-27-10-9-24(26)33)12-18-3-7-23(32)8-4-18/h1-8,19-21,27-32H,9-16,25H2,(H2,26,33)/t19-,20-,21+/m0/s1. The molecular weight excluding hydrogens is 422 g/mol. The van der Waals surface area contributed by atoms with Crippen LogP contribution in [0, 0.1) is 0 Å². The SMILES string of the molecule is NC(=O)CCNC[C@H](Cc1ccc(O)cc1)NC[C@H](CO)NC[C@@H](N)Cc1ccc(O)cc1. The monoisotopic (exact) mass is 459 g/mol. The van der Waals surface area contributed by atoms with Gasteiger partial charge in [0.25, 0.3) is 0 Å². The fraction of sp³-hybridized carbons (Fsp3) is 0.458. The van der Waals surface area contributed by atoms with Crippen LogP contribution in [0.4, 0.5) is 0 Å². The van der Waals surface area contributed by atoms with Crippen LogP contribution in [0.3, 0.4) is 0 Å². The van der Waals surface area contributed by atoms with Gasteiger partial charge in [-0.05, 0) is 48.2 Å². The lowest BCUT2D eigenvalue weighted by Gasteiger charge is -2.24. The average Bonchev–Trinajstić information content (AvgIpc) is 2.79. The van der Waals surface area contributed by atoms with Crippen molar-refractivity contribution in [2.45, 2.75) is 37.4 Å². The van der Waals surface area contributed by atoms with Crippen molar-refractivity contribution >= 4 is 5.91 Å². The van der Waals surface area contributed by atoms with E-state index in [4.69, 9.17) is 11.5 Å². The van der Waals surface area contributed by atoms with Crippen LogP contribution >= 0.6 is 0 Å². The molecule has 182 valence electrons. The molecule has 0 aromatic heterocycles. The third-order valence-corrected chi connectivity index (χ3v) is 5.33. The number of aliphatic hydroxyl groups is 1. The summed E-state index contributed by atoms with van der Waals surface area (Å²) in [5.74, 6) is 0.0950. The van der Waals surface area contributed by atoms with Crippen molar-refractivity contribution in [2.75, 3.05) is 32.8 Å². The molecule has 0 aliphatic heterocycles. The molecule has 0 bridgehead atoms. The summed E-state index contributed by atoms with van der Waals surface area (Å²) in [5, 5.41) is 38.7. The van der Waals surface area contributed by atoms with Gasteiger partial charge in [0, 0.05) is 50.7 Å². The molecule has 0 fully saturated rings. The van der Waals surface area contributed by atoms with E-state index < -0.39 is 0 Å². The highest BCUT2D eigenvalue weighted by molar-refractivity contribution is 5.73. The van der Waals surface area contributed by atoms with E-state index in [0.29, 0.717) is 39.0 Å². The largest absolute Gasteiger partial charge is 0.508 e. The number of phenolic OH excluding ortho intramolecular Hbond substituents is 2. The molecule has 33 heavy (non-hydrogen) atoms. The summed E-state index contributed by atoms with van der Waals surface area (Å²) in [7, 11) is 0. The molecule has 0 aliphatic rings. The highest BCUT2D eigenvalue weighted by atomic mass is 16.3. The van der Waals surface area contributed by atoms with Gasteiger partial charge in [-0.15, -0.1) is 0 Å². The lowest BCUT2D eigenvalue weighted by atomic mass is 10.0. The Labute approximate surface area is 195 Å². The number of carbonyl (C=O) groups excluding carboxylic acids is 1. The normalized spacial score (nSPS) is 14.0. The predicted molar refractivity (Wildman–Crippen MR) is 129 cm³/mol. The van der Waals surface area contributed by atoms with Gasteiger partial charge in [0.15, 0.2) is 0 Å². The molecule has 3 atom stereocenters. The summed E-state index contributed by atoms with van der Waals surface area (Å²) in [6.07, 6.45) is 1.64. The second kappa shape index (κ2) is 14.5. The van der Waals surface area contributed by atoms with Gasteiger partial charge in [-0.25, -0.2) is 0 Å². The van der Waals surface area contributed by atoms with E-state index in [0.717, 1.165) is 11.1 Å². The fourth-order valence-corrected chi connectivity index (χ4v) is 3.46. The summed E-state index contributed by atoms with van der Waals surface area (Å²) < 4.78 is 0. The molecule has 0 aliphatic carbocycles. The summed E-state index contributed by atoms with van der Waals surface area (Å²) in [4.78, 5) is 11.0. The predicted octanol–water partition coefficient (Wildman–Crippen LogP) is -0.416. The number of benzene rings is 2. The maximum absolute atomic E-state index is 11.0. The highest BCUT2D eigenvalue weighted by Crippen LogP contribution is 2.12. The van der Waals surface area contributed by atoms with Crippen LogP contribution < -0.4 is 27.4 Å².